The van der Waals surface area contributed by atoms with Gasteiger partial charge in [-0.1, -0.05) is 48.5 Å². The number of ether oxygens (including phenoxy) is 1. The molecule has 1 atom stereocenters. The Morgan fingerprint density at radius 3 is 2.37 bits per heavy atom. The van der Waals surface area contributed by atoms with Gasteiger partial charge >= 0.3 is 0 Å². The Morgan fingerprint density at radius 2 is 1.67 bits per heavy atom. The van der Waals surface area contributed by atoms with Crippen molar-refractivity contribution in [1.29, 1.82) is 0 Å². The maximum atomic E-state index is 13.3. The fraction of sp³-hybridized carbons (Fsp3) is 0.167. The molecule has 152 valence electrons. The minimum absolute atomic E-state index is 0.210. The van der Waals surface area contributed by atoms with E-state index in [1.54, 1.807) is 72.8 Å². The number of carbonyl (C=O) groups excluding carboxylic acids is 2. The minimum Gasteiger partial charge on any atom is -0.494 e. The van der Waals surface area contributed by atoms with E-state index in [9.17, 15) is 14.7 Å². The third kappa shape index (κ3) is 3.42. The van der Waals surface area contributed by atoms with Crippen molar-refractivity contribution in [1.82, 2.24) is 0 Å². The first-order valence-corrected chi connectivity index (χ1v) is 9.76. The molecule has 0 fully saturated rings. The number of nitrogens with zero attached hydrogens (tertiary/aromatic N) is 1. The first-order valence-electron chi connectivity index (χ1n) is 9.76. The summed E-state index contributed by atoms with van der Waals surface area (Å²) in [5.74, 6) is -0.191. The molecule has 0 saturated heterocycles. The number of rotatable bonds is 6. The summed E-state index contributed by atoms with van der Waals surface area (Å²) in [5, 5.41) is 14.2. The van der Waals surface area contributed by atoms with E-state index in [1.165, 1.54) is 4.90 Å². The molecular weight excluding hydrogens is 380 g/mol. The van der Waals surface area contributed by atoms with Crippen LogP contribution in [-0.2, 0) is 15.2 Å². The van der Waals surface area contributed by atoms with E-state index in [2.05, 4.69) is 5.32 Å². The van der Waals surface area contributed by atoms with Gasteiger partial charge in [0.15, 0.2) is 5.60 Å². The first-order chi connectivity index (χ1) is 14.5. The Labute approximate surface area is 174 Å². The maximum Gasteiger partial charge on any atom is 0.268 e. The van der Waals surface area contributed by atoms with E-state index in [0.717, 1.165) is 0 Å². The zero-order valence-electron chi connectivity index (χ0n) is 16.5. The van der Waals surface area contributed by atoms with Crippen LogP contribution < -0.4 is 15.0 Å². The van der Waals surface area contributed by atoms with Gasteiger partial charge in [0, 0.05) is 11.3 Å². The standard InChI is InChI=1S/C24H22N2O4/c1-2-30-19-14-12-18(13-15-19)25-22(27)16-26-21-11-7-6-10-20(21)24(29,23(26)28)17-8-4-3-5-9-17/h3-15,29H,2,16H2,1H3,(H,25,27). The van der Waals surface area contributed by atoms with Gasteiger partial charge in [0.2, 0.25) is 5.91 Å². The fourth-order valence-corrected chi connectivity index (χ4v) is 3.70. The third-order valence-electron chi connectivity index (χ3n) is 5.08. The van der Waals surface area contributed by atoms with Crippen LogP contribution in [0.15, 0.2) is 78.9 Å². The number of anilines is 2. The topological polar surface area (TPSA) is 78.9 Å². The first kappa shape index (κ1) is 19.7. The molecule has 0 aliphatic carbocycles. The summed E-state index contributed by atoms with van der Waals surface area (Å²) in [4.78, 5) is 27.3. The number of carbonyl (C=O) groups is 2. The molecule has 2 amide bonds. The summed E-state index contributed by atoms with van der Waals surface area (Å²) in [5.41, 5.74) is 0.237. The number of amides is 2. The normalized spacial score (nSPS) is 17.5. The Balaban J connectivity index is 1.57. The highest BCUT2D eigenvalue weighted by molar-refractivity contribution is 6.12. The average molecular weight is 402 g/mol. The van der Waals surface area contributed by atoms with Crippen LogP contribution in [0.4, 0.5) is 11.4 Å². The second-order valence-electron chi connectivity index (χ2n) is 6.99. The average Bonchev–Trinajstić information content (AvgIpc) is 2.99. The molecule has 1 unspecified atom stereocenters. The van der Waals surface area contributed by atoms with Gasteiger partial charge in [0.25, 0.3) is 5.91 Å². The molecule has 6 nitrogen and oxygen atoms in total. The van der Waals surface area contributed by atoms with Gasteiger partial charge < -0.3 is 15.2 Å². The van der Waals surface area contributed by atoms with Crippen molar-refractivity contribution >= 4 is 23.2 Å². The zero-order chi connectivity index (χ0) is 21.1. The Morgan fingerprint density at radius 1 is 1.00 bits per heavy atom. The second kappa shape index (κ2) is 8.00. The molecule has 1 aliphatic heterocycles. The van der Waals surface area contributed by atoms with Crippen molar-refractivity contribution in [3.05, 3.63) is 90.0 Å². The monoisotopic (exact) mass is 402 g/mol. The molecule has 4 rings (SSSR count). The van der Waals surface area contributed by atoms with Crippen molar-refractivity contribution in [3.63, 3.8) is 0 Å². The summed E-state index contributed by atoms with van der Waals surface area (Å²) >= 11 is 0. The largest absolute Gasteiger partial charge is 0.494 e. The van der Waals surface area contributed by atoms with E-state index < -0.39 is 11.5 Å². The van der Waals surface area contributed by atoms with Crippen LogP contribution in [0.1, 0.15) is 18.1 Å². The van der Waals surface area contributed by atoms with Crippen molar-refractivity contribution < 1.29 is 19.4 Å². The molecule has 1 aliphatic rings. The van der Waals surface area contributed by atoms with Gasteiger partial charge in [0.1, 0.15) is 12.3 Å². The summed E-state index contributed by atoms with van der Waals surface area (Å²) in [6.45, 7) is 2.25. The number of nitrogens with one attached hydrogen (secondary N) is 1. The number of para-hydroxylation sites is 1. The van der Waals surface area contributed by atoms with Gasteiger partial charge in [0.05, 0.1) is 12.3 Å². The van der Waals surface area contributed by atoms with Crippen LogP contribution in [0.5, 0.6) is 5.75 Å². The summed E-state index contributed by atoms with van der Waals surface area (Å²) < 4.78 is 5.40. The predicted molar refractivity (Wildman–Crippen MR) is 114 cm³/mol. The minimum atomic E-state index is -1.82. The van der Waals surface area contributed by atoms with E-state index in [0.29, 0.717) is 34.9 Å². The van der Waals surface area contributed by atoms with Crippen LogP contribution in [0.2, 0.25) is 0 Å². The highest BCUT2D eigenvalue weighted by Crippen LogP contribution is 2.44. The molecule has 6 heteroatoms. The lowest BCUT2D eigenvalue weighted by Crippen LogP contribution is -2.44. The number of fused-ring (bicyclic) bond motifs is 1. The van der Waals surface area contributed by atoms with Gasteiger partial charge in [-0.3, -0.25) is 14.5 Å². The molecule has 0 bridgehead atoms. The molecule has 2 N–H and O–H groups in total. The van der Waals surface area contributed by atoms with E-state index in [1.807, 2.05) is 13.0 Å². The Bertz CT molecular complexity index is 1070. The molecule has 3 aromatic carbocycles. The van der Waals surface area contributed by atoms with Gasteiger partial charge in [-0.15, -0.1) is 0 Å². The molecule has 30 heavy (non-hydrogen) atoms. The highest BCUT2D eigenvalue weighted by atomic mass is 16.5. The summed E-state index contributed by atoms with van der Waals surface area (Å²) in [6, 6.07) is 22.8. The molecular formula is C24H22N2O4. The summed E-state index contributed by atoms with van der Waals surface area (Å²) in [6.07, 6.45) is 0. The molecule has 0 radical (unpaired) electrons. The SMILES string of the molecule is CCOc1ccc(NC(=O)CN2C(=O)C(O)(c3ccccc3)c3ccccc32)cc1. The quantitative estimate of drug-likeness (QED) is 0.663. The number of aliphatic hydroxyl groups is 1. The van der Waals surface area contributed by atoms with Crippen molar-refractivity contribution in [2.75, 3.05) is 23.4 Å². The number of hydrogen-bond acceptors (Lipinski definition) is 4. The lowest BCUT2D eigenvalue weighted by atomic mass is 9.88. The fourth-order valence-electron chi connectivity index (χ4n) is 3.70. The lowest BCUT2D eigenvalue weighted by molar-refractivity contribution is -0.133. The molecule has 0 aromatic heterocycles. The van der Waals surface area contributed by atoms with Crippen molar-refractivity contribution in [3.8, 4) is 5.75 Å². The highest BCUT2D eigenvalue weighted by Gasteiger charge is 2.51. The third-order valence-corrected chi connectivity index (χ3v) is 5.08. The smallest absolute Gasteiger partial charge is 0.268 e. The number of benzene rings is 3. The summed E-state index contributed by atoms with van der Waals surface area (Å²) in [7, 11) is 0. The van der Waals surface area contributed by atoms with Gasteiger partial charge in [-0.05, 0) is 42.8 Å². The van der Waals surface area contributed by atoms with Crippen LogP contribution in [-0.4, -0.2) is 30.1 Å². The van der Waals surface area contributed by atoms with Crippen LogP contribution >= 0.6 is 0 Å². The molecule has 0 saturated carbocycles. The van der Waals surface area contributed by atoms with Crippen molar-refractivity contribution in [2.24, 2.45) is 0 Å². The Hall–Kier alpha value is -3.64. The Kier molecular flexibility index (Phi) is 5.25. The van der Waals surface area contributed by atoms with E-state index in [4.69, 9.17) is 4.74 Å². The molecule has 0 spiro atoms. The number of hydrogen-bond donors (Lipinski definition) is 2. The van der Waals surface area contributed by atoms with Crippen LogP contribution in [0, 0.1) is 0 Å². The molecule has 1 heterocycles. The second-order valence-corrected chi connectivity index (χ2v) is 6.99. The maximum absolute atomic E-state index is 13.3. The van der Waals surface area contributed by atoms with E-state index in [-0.39, 0.29) is 12.5 Å². The van der Waals surface area contributed by atoms with Crippen molar-refractivity contribution in [2.45, 2.75) is 12.5 Å². The lowest BCUT2D eigenvalue weighted by Gasteiger charge is -2.23. The van der Waals surface area contributed by atoms with Gasteiger partial charge in [-0.25, -0.2) is 0 Å². The van der Waals surface area contributed by atoms with Crippen LogP contribution in [0.25, 0.3) is 0 Å². The predicted octanol–water partition coefficient (Wildman–Crippen LogP) is 3.31. The van der Waals surface area contributed by atoms with E-state index >= 15 is 0 Å². The zero-order valence-corrected chi connectivity index (χ0v) is 16.5. The van der Waals surface area contributed by atoms with Gasteiger partial charge in [-0.2, -0.15) is 0 Å². The van der Waals surface area contributed by atoms with Crippen LogP contribution in [0.3, 0.4) is 0 Å². The molecule has 3 aromatic rings.